The van der Waals surface area contributed by atoms with Crippen molar-refractivity contribution in [1.82, 2.24) is 4.31 Å². The molecule has 140 valence electrons. The Hall–Kier alpha value is -1.76. The van der Waals surface area contributed by atoms with Gasteiger partial charge in [-0.3, -0.25) is 0 Å². The number of rotatable bonds is 6. The highest BCUT2D eigenvalue weighted by Crippen LogP contribution is 2.30. The fourth-order valence-electron chi connectivity index (χ4n) is 3.00. The Morgan fingerprint density at radius 1 is 1.12 bits per heavy atom. The lowest BCUT2D eigenvalue weighted by atomic mass is 9.99. The summed E-state index contributed by atoms with van der Waals surface area (Å²) >= 11 is 6.07. The summed E-state index contributed by atoms with van der Waals surface area (Å²) in [6.45, 7) is 1.57. The van der Waals surface area contributed by atoms with Crippen LogP contribution in [0.5, 0.6) is 11.5 Å². The van der Waals surface area contributed by atoms with Gasteiger partial charge in [-0.25, -0.2) is 8.42 Å². The molecule has 1 aliphatic rings. The van der Waals surface area contributed by atoms with Crippen LogP contribution in [0.25, 0.3) is 0 Å². The van der Waals surface area contributed by atoms with E-state index in [9.17, 15) is 8.42 Å². The van der Waals surface area contributed by atoms with Crippen molar-refractivity contribution in [3.8, 4) is 11.5 Å². The molecule has 26 heavy (non-hydrogen) atoms. The lowest BCUT2D eigenvalue weighted by Gasteiger charge is -2.31. The van der Waals surface area contributed by atoms with Gasteiger partial charge in [0, 0.05) is 13.1 Å². The number of ether oxygens (including phenoxy) is 2. The van der Waals surface area contributed by atoms with Gasteiger partial charge in [-0.2, -0.15) is 4.31 Å². The summed E-state index contributed by atoms with van der Waals surface area (Å²) in [7, 11) is -2.05. The van der Waals surface area contributed by atoms with E-state index in [1.807, 2.05) is 30.3 Å². The number of hydrogen-bond acceptors (Lipinski definition) is 4. The van der Waals surface area contributed by atoms with Crippen LogP contribution in [0.3, 0.4) is 0 Å². The minimum atomic E-state index is -3.55. The van der Waals surface area contributed by atoms with Crippen molar-refractivity contribution in [2.75, 3.05) is 26.8 Å². The molecule has 0 amide bonds. The summed E-state index contributed by atoms with van der Waals surface area (Å²) in [6.07, 6.45) is 1.55. The Labute approximate surface area is 159 Å². The van der Waals surface area contributed by atoms with Gasteiger partial charge in [-0.1, -0.05) is 29.8 Å². The minimum absolute atomic E-state index is 0.197. The maximum atomic E-state index is 12.8. The highest BCUT2D eigenvalue weighted by Gasteiger charge is 2.30. The molecule has 0 unspecified atom stereocenters. The van der Waals surface area contributed by atoms with Crippen molar-refractivity contribution in [1.29, 1.82) is 0 Å². The zero-order chi connectivity index (χ0) is 18.6. The van der Waals surface area contributed by atoms with E-state index in [0.717, 1.165) is 18.6 Å². The third kappa shape index (κ3) is 4.31. The molecule has 1 fully saturated rings. The van der Waals surface area contributed by atoms with E-state index >= 15 is 0 Å². The molecule has 2 aromatic rings. The molecule has 1 heterocycles. The number of nitrogens with zero attached hydrogens (tertiary/aromatic N) is 1. The summed E-state index contributed by atoms with van der Waals surface area (Å²) in [5, 5.41) is 0.291. The van der Waals surface area contributed by atoms with Gasteiger partial charge in [0.2, 0.25) is 10.0 Å². The van der Waals surface area contributed by atoms with Gasteiger partial charge in [-0.05, 0) is 49.1 Å². The van der Waals surface area contributed by atoms with Crippen LogP contribution >= 0.6 is 11.6 Å². The number of methoxy groups -OCH3 is 1. The standard InChI is InChI=1S/C19H22ClNO4S/c1-24-19-8-7-17(13-18(19)20)26(22,23)21-11-9-15(10-12-21)14-25-16-5-3-2-4-6-16/h2-8,13,15H,9-12,14H2,1H3. The van der Waals surface area contributed by atoms with Crippen LogP contribution in [0.15, 0.2) is 53.4 Å². The van der Waals surface area contributed by atoms with Crippen LogP contribution < -0.4 is 9.47 Å². The second-order valence-electron chi connectivity index (χ2n) is 6.27. The molecule has 0 aromatic heterocycles. The summed E-state index contributed by atoms with van der Waals surface area (Å²) < 4.78 is 38.0. The van der Waals surface area contributed by atoms with E-state index in [0.29, 0.717) is 36.4 Å². The predicted molar refractivity (Wildman–Crippen MR) is 101 cm³/mol. The zero-order valence-corrected chi connectivity index (χ0v) is 16.2. The van der Waals surface area contributed by atoms with Crippen LogP contribution in [0.4, 0.5) is 0 Å². The molecule has 5 nitrogen and oxygen atoms in total. The maximum absolute atomic E-state index is 12.8. The molecule has 1 saturated heterocycles. The second-order valence-corrected chi connectivity index (χ2v) is 8.61. The lowest BCUT2D eigenvalue weighted by molar-refractivity contribution is 0.185. The molecule has 2 aromatic carbocycles. The Bertz CT molecular complexity index is 834. The molecule has 0 N–H and O–H groups in total. The monoisotopic (exact) mass is 395 g/mol. The molecule has 0 aliphatic carbocycles. The van der Waals surface area contributed by atoms with Crippen LogP contribution in [-0.4, -0.2) is 39.5 Å². The van der Waals surface area contributed by atoms with E-state index < -0.39 is 10.0 Å². The third-order valence-electron chi connectivity index (χ3n) is 4.56. The van der Waals surface area contributed by atoms with E-state index in [-0.39, 0.29) is 4.90 Å². The van der Waals surface area contributed by atoms with Crippen LogP contribution in [0.1, 0.15) is 12.8 Å². The Morgan fingerprint density at radius 3 is 2.42 bits per heavy atom. The average molecular weight is 396 g/mol. The van der Waals surface area contributed by atoms with Gasteiger partial charge in [-0.15, -0.1) is 0 Å². The first-order valence-electron chi connectivity index (χ1n) is 8.52. The molecule has 0 saturated carbocycles. The maximum Gasteiger partial charge on any atom is 0.243 e. The van der Waals surface area contributed by atoms with E-state index in [4.69, 9.17) is 21.1 Å². The van der Waals surface area contributed by atoms with Gasteiger partial charge >= 0.3 is 0 Å². The first kappa shape index (κ1) is 19.0. The van der Waals surface area contributed by atoms with Gasteiger partial charge in [0.25, 0.3) is 0 Å². The third-order valence-corrected chi connectivity index (χ3v) is 6.75. The van der Waals surface area contributed by atoms with E-state index in [1.54, 1.807) is 6.07 Å². The first-order valence-corrected chi connectivity index (χ1v) is 10.3. The molecule has 0 spiro atoms. The molecule has 0 bridgehead atoms. The largest absolute Gasteiger partial charge is 0.495 e. The van der Waals surface area contributed by atoms with Crippen molar-refractivity contribution in [2.24, 2.45) is 5.92 Å². The Balaban J connectivity index is 1.59. The molecular formula is C19H22ClNO4S. The van der Waals surface area contributed by atoms with E-state index in [2.05, 4.69) is 0 Å². The van der Waals surface area contributed by atoms with Crippen molar-refractivity contribution in [3.63, 3.8) is 0 Å². The van der Waals surface area contributed by atoms with Crippen LogP contribution in [0, 0.1) is 5.92 Å². The summed E-state index contributed by atoms with van der Waals surface area (Å²) in [5.41, 5.74) is 0. The van der Waals surface area contributed by atoms with Crippen molar-refractivity contribution in [2.45, 2.75) is 17.7 Å². The summed E-state index contributed by atoms with van der Waals surface area (Å²) in [4.78, 5) is 0.197. The van der Waals surface area contributed by atoms with Gasteiger partial charge < -0.3 is 9.47 Å². The number of piperidine rings is 1. The molecular weight excluding hydrogens is 374 g/mol. The quantitative estimate of drug-likeness (QED) is 0.745. The zero-order valence-electron chi connectivity index (χ0n) is 14.6. The summed E-state index contributed by atoms with van der Waals surface area (Å²) in [6, 6.07) is 14.2. The van der Waals surface area contributed by atoms with E-state index in [1.165, 1.54) is 23.5 Å². The van der Waals surface area contributed by atoms with Crippen molar-refractivity contribution >= 4 is 21.6 Å². The summed E-state index contributed by atoms with van der Waals surface area (Å²) in [5.74, 6) is 1.65. The second kappa shape index (κ2) is 8.29. The molecule has 7 heteroatoms. The Morgan fingerprint density at radius 2 is 1.81 bits per heavy atom. The number of sulfonamides is 1. The molecule has 0 atom stereocenters. The van der Waals surface area contributed by atoms with Gasteiger partial charge in [0.05, 0.1) is 23.6 Å². The first-order chi connectivity index (χ1) is 12.5. The van der Waals surface area contributed by atoms with Crippen LogP contribution in [0.2, 0.25) is 5.02 Å². The topological polar surface area (TPSA) is 55.8 Å². The van der Waals surface area contributed by atoms with Gasteiger partial charge in [0.15, 0.2) is 0 Å². The van der Waals surface area contributed by atoms with Crippen molar-refractivity contribution < 1.29 is 17.9 Å². The SMILES string of the molecule is COc1ccc(S(=O)(=O)N2CCC(COc3ccccc3)CC2)cc1Cl. The number of para-hydroxylation sites is 1. The lowest BCUT2D eigenvalue weighted by Crippen LogP contribution is -2.39. The molecule has 3 rings (SSSR count). The Kier molecular flexibility index (Phi) is 6.06. The van der Waals surface area contributed by atoms with Crippen molar-refractivity contribution in [3.05, 3.63) is 53.6 Å². The smallest absolute Gasteiger partial charge is 0.243 e. The van der Waals surface area contributed by atoms with Crippen LogP contribution in [-0.2, 0) is 10.0 Å². The normalized spacial score (nSPS) is 16.4. The van der Waals surface area contributed by atoms with Gasteiger partial charge in [0.1, 0.15) is 11.5 Å². The number of halogens is 1. The molecule has 1 aliphatic heterocycles. The predicted octanol–water partition coefficient (Wildman–Crippen LogP) is 3.83. The molecule has 0 radical (unpaired) electrons. The number of benzene rings is 2. The fourth-order valence-corrected chi connectivity index (χ4v) is 4.82. The highest BCUT2D eigenvalue weighted by molar-refractivity contribution is 7.89. The fraction of sp³-hybridized carbons (Fsp3) is 0.368. The average Bonchev–Trinajstić information content (AvgIpc) is 2.67. The number of hydrogen-bond donors (Lipinski definition) is 0. The highest BCUT2D eigenvalue weighted by atomic mass is 35.5. The minimum Gasteiger partial charge on any atom is -0.495 e.